The second kappa shape index (κ2) is 5.36. The Kier molecular flexibility index (Phi) is 3.84. The fourth-order valence-electron chi connectivity index (χ4n) is 2.64. The maximum Gasteiger partial charge on any atom is 0.226 e. The molecule has 0 radical (unpaired) electrons. The molecule has 1 heterocycles. The molecule has 0 unspecified atom stereocenters. The Morgan fingerprint density at radius 1 is 1.59 bits per heavy atom. The largest absolute Gasteiger partial charge is 0.467 e. The van der Waals surface area contributed by atoms with Crippen molar-refractivity contribution in [2.75, 3.05) is 13.6 Å². The van der Waals surface area contributed by atoms with Crippen molar-refractivity contribution in [1.82, 2.24) is 4.90 Å². The Bertz CT molecular complexity index is 362. The van der Waals surface area contributed by atoms with Gasteiger partial charge in [-0.15, -0.1) is 0 Å². The Hall–Kier alpha value is -1.29. The smallest absolute Gasteiger partial charge is 0.226 e. The number of nitrogens with two attached hydrogens (primary N) is 1. The van der Waals surface area contributed by atoms with Gasteiger partial charge < -0.3 is 15.1 Å². The lowest BCUT2D eigenvalue weighted by Gasteiger charge is -2.23. The van der Waals surface area contributed by atoms with Crippen LogP contribution < -0.4 is 5.73 Å². The van der Waals surface area contributed by atoms with E-state index in [9.17, 15) is 4.79 Å². The van der Waals surface area contributed by atoms with E-state index in [1.54, 1.807) is 11.2 Å². The summed E-state index contributed by atoms with van der Waals surface area (Å²) in [6.45, 7) is 1.16. The molecule has 0 bridgehead atoms. The molecular weight excluding hydrogens is 216 g/mol. The Balaban J connectivity index is 1.94. The fourth-order valence-corrected chi connectivity index (χ4v) is 2.64. The van der Waals surface area contributed by atoms with Crippen molar-refractivity contribution in [1.29, 1.82) is 0 Å². The highest BCUT2D eigenvalue weighted by atomic mass is 16.3. The van der Waals surface area contributed by atoms with Gasteiger partial charge in [0.15, 0.2) is 0 Å². The summed E-state index contributed by atoms with van der Waals surface area (Å²) in [5, 5.41) is 0. The van der Waals surface area contributed by atoms with Crippen molar-refractivity contribution >= 4 is 5.91 Å². The number of hydrogen-bond acceptors (Lipinski definition) is 3. The third-order valence-corrected chi connectivity index (χ3v) is 3.63. The number of nitrogens with zero attached hydrogens (tertiary/aromatic N) is 1. The molecule has 4 nitrogen and oxygen atoms in total. The van der Waals surface area contributed by atoms with Crippen molar-refractivity contribution in [3.63, 3.8) is 0 Å². The van der Waals surface area contributed by atoms with E-state index in [4.69, 9.17) is 10.2 Å². The molecule has 2 atom stereocenters. The van der Waals surface area contributed by atoms with Crippen molar-refractivity contribution < 1.29 is 9.21 Å². The van der Waals surface area contributed by atoms with Crippen LogP contribution in [-0.2, 0) is 11.3 Å². The Morgan fingerprint density at radius 3 is 3.06 bits per heavy atom. The van der Waals surface area contributed by atoms with Crippen LogP contribution in [0.2, 0.25) is 0 Å². The number of furan rings is 1. The average Bonchev–Trinajstić information content (AvgIpc) is 2.97. The zero-order valence-electron chi connectivity index (χ0n) is 10.3. The van der Waals surface area contributed by atoms with Crippen LogP contribution in [0.15, 0.2) is 22.8 Å². The maximum atomic E-state index is 12.3. The van der Waals surface area contributed by atoms with E-state index in [1.807, 2.05) is 19.2 Å². The summed E-state index contributed by atoms with van der Waals surface area (Å²) in [6.07, 6.45) is 4.81. The minimum absolute atomic E-state index is 0.111. The Morgan fingerprint density at radius 2 is 2.41 bits per heavy atom. The van der Waals surface area contributed by atoms with E-state index < -0.39 is 0 Å². The van der Waals surface area contributed by atoms with Crippen LogP contribution >= 0.6 is 0 Å². The second-order valence-electron chi connectivity index (χ2n) is 4.81. The van der Waals surface area contributed by atoms with Crippen LogP contribution in [-0.4, -0.2) is 24.4 Å². The summed E-state index contributed by atoms with van der Waals surface area (Å²) in [5.41, 5.74) is 5.71. The van der Waals surface area contributed by atoms with Crippen molar-refractivity contribution in [2.45, 2.75) is 25.8 Å². The zero-order chi connectivity index (χ0) is 12.3. The lowest BCUT2D eigenvalue weighted by molar-refractivity contribution is -0.136. The van der Waals surface area contributed by atoms with Gasteiger partial charge >= 0.3 is 0 Å². The van der Waals surface area contributed by atoms with Crippen LogP contribution in [0.4, 0.5) is 0 Å². The van der Waals surface area contributed by atoms with Gasteiger partial charge in [0.25, 0.3) is 0 Å². The number of hydrogen-bond donors (Lipinski definition) is 1. The normalized spacial score (nSPS) is 23.9. The molecule has 0 aliphatic heterocycles. The predicted octanol–water partition coefficient (Wildman–Crippen LogP) is 1.61. The van der Waals surface area contributed by atoms with Gasteiger partial charge in [0.05, 0.1) is 12.8 Å². The molecule has 0 spiro atoms. The minimum Gasteiger partial charge on any atom is -0.467 e. The summed E-state index contributed by atoms with van der Waals surface area (Å²) in [7, 11) is 1.83. The van der Waals surface area contributed by atoms with Gasteiger partial charge in [-0.3, -0.25) is 4.79 Å². The molecule has 1 saturated carbocycles. The third-order valence-electron chi connectivity index (χ3n) is 3.63. The van der Waals surface area contributed by atoms with E-state index >= 15 is 0 Å². The molecule has 2 N–H and O–H groups in total. The van der Waals surface area contributed by atoms with Gasteiger partial charge in [0, 0.05) is 13.0 Å². The highest BCUT2D eigenvalue weighted by Crippen LogP contribution is 2.32. The topological polar surface area (TPSA) is 59.5 Å². The monoisotopic (exact) mass is 236 g/mol. The van der Waals surface area contributed by atoms with Crippen LogP contribution in [0.5, 0.6) is 0 Å². The van der Waals surface area contributed by atoms with Crippen molar-refractivity contribution in [2.24, 2.45) is 17.6 Å². The molecule has 1 amide bonds. The van der Waals surface area contributed by atoms with Crippen LogP contribution in [0.1, 0.15) is 25.0 Å². The van der Waals surface area contributed by atoms with Crippen LogP contribution in [0, 0.1) is 11.8 Å². The van der Waals surface area contributed by atoms with Gasteiger partial charge in [-0.2, -0.15) is 0 Å². The average molecular weight is 236 g/mol. The first-order valence-electron chi connectivity index (χ1n) is 6.19. The lowest BCUT2D eigenvalue weighted by Crippen LogP contribution is -2.36. The van der Waals surface area contributed by atoms with Gasteiger partial charge in [-0.25, -0.2) is 0 Å². The van der Waals surface area contributed by atoms with E-state index in [0.29, 0.717) is 19.0 Å². The van der Waals surface area contributed by atoms with Crippen LogP contribution in [0.25, 0.3) is 0 Å². The summed E-state index contributed by atoms with van der Waals surface area (Å²) < 4.78 is 5.25. The summed E-state index contributed by atoms with van der Waals surface area (Å²) in [5.74, 6) is 1.50. The lowest BCUT2D eigenvalue weighted by atomic mass is 9.95. The molecule has 4 heteroatoms. The fraction of sp³-hybridized carbons (Fsp3) is 0.615. The molecule has 0 saturated heterocycles. The number of carbonyl (C=O) groups is 1. The van der Waals surface area contributed by atoms with E-state index in [0.717, 1.165) is 25.0 Å². The van der Waals surface area contributed by atoms with E-state index in [-0.39, 0.29) is 11.8 Å². The van der Waals surface area contributed by atoms with Crippen LogP contribution in [0.3, 0.4) is 0 Å². The summed E-state index contributed by atoms with van der Waals surface area (Å²) >= 11 is 0. The quantitative estimate of drug-likeness (QED) is 0.864. The standard InChI is InChI=1S/C13H20N2O2/c1-15(9-11-5-3-7-17-11)13(16)12-6-2-4-10(12)8-14/h3,5,7,10,12H,2,4,6,8-9,14H2,1H3/t10-,12-/m1/s1. The SMILES string of the molecule is CN(Cc1ccco1)C(=O)[C@@H]1CCC[C@@H]1CN. The molecular formula is C13H20N2O2. The highest BCUT2D eigenvalue weighted by molar-refractivity contribution is 5.79. The molecule has 1 aromatic heterocycles. The molecule has 94 valence electrons. The highest BCUT2D eigenvalue weighted by Gasteiger charge is 2.33. The first-order chi connectivity index (χ1) is 8.22. The summed E-state index contributed by atoms with van der Waals surface area (Å²) in [6, 6.07) is 3.73. The number of amides is 1. The van der Waals surface area contributed by atoms with Gasteiger partial charge in [-0.1, -0.05) is 6.42 Å². The number of rotatable bonds is 4. The van der Waals surface area contributed by atoms with E-state index in [2.05, 4.69) is 0 Å². The zero-order valence-corrected chi connectivity index (χ0v) is 10.3. The third kappa shape index (κ3) is 2.69. The van der Waals surface area contributed by atoms with Gasteiger partial charge in [0.2, 0.25) is 5.91 Å². The van der Waals surface area contributed by atoms with E-state index in [1.165, 1.54) is 0 Å². The molecule has 2 rings (SSSR count). The second-order valence-corrected chi connectivity index (χ2v) is 4.81. The molecule has 1 aliphatic rings. The minimum atomic E-state index is 0.111. The molecule has 1 aliphatic carbocycles. The van der Waals surface area contributed by atoms with Crippen molar-refractivity contribution in [3.8, 4) is 0 Å². The molecule has 1 aromatic rings. The molecule has 0 aromatic carbocycles. The van der Waals surface area contributed by atoms with Gasteiger partial charge in [0.1, 0.15) is 5.76 Å². The first-order valence-corrected chi connectivity index (χ1v) is 6.19. The predicted molar refractivity (Wildman–Crippen MR) is 65.1 cm³/mol. The molecule has 1 fully saturated rings. The van der Waals surface area contributed by atoms with Crippen molar-refractivity contribution in [3.05, 3.63) is 24.2 Å². The first kappa shape index (κ1) is 12.2. The number of carbonyl (C=O) groups excluding carboxylic acids is 1. The molecule has 17 heavy (non-hydrogen) atoms. The van der Waals surface area contributed by atoms with Gasteiger partial charge in [-0.05, 0) is 37.4 Å². The maximum absolute atomic E-state index is 12.3. The summed E-state index contributed by atoms with van der Waals surface area (Å²) in [4.78, 5) is 14.0. The Labute approximate surface area is 102 Å².